The topological polar surface area (TPSA) is 45.6 Å². The van der Waals surface area contributed by atoms with Gasteiger partial charge >= 0.3 is 0 Å². The summed E-state index contributed by atoms with van der Waals surface area (Å²) in [6, 6.07) is 25.2. The Balaban J connectivity index is 1.68. The van der Waals surface area contributed by atoms with Crippen molar-refractivity contribution in [2.75, 3.05) is 5.01 Å². The summed E-state index contributed by atoms with van der Waals surface area (Å²) in [5.74, 6) is -0.265. The number of thiazole rings is 1. The third-order valence-electron chi connectivity index (χ3n) is 4.07. The molecule has 0 bridgehead atoms. The van der Waals surface area contributed by atoms with Crippen molar-refractivity contribution in [3.63, 3.8) is 0 Å². The van der Waals surface area contributed by atoms with Crippen molar-refractivity contribution < 1.29 is 4.79 Å². The fourth-order valence-corrected chi connectivity index (χ4v) is 4.12. The number of hydrazone groups is 1. The SMILES string of the molecule is O=C(/C=C/c1ccccc1)N(/N=C/c1ccccc1)c1nc2ccc(Br)cc2s1. The summed E-state index contributed by atoms with van der Waals surface area (Å²) in [5.41, 5.74) is 2.68. The Morgan fingerprint density at radius 2 is 1.66 bits per heavy atom. The lowest BCUT2D eigenvalue weighted by molar-refractivity contribution is -0.114. The van der Waals surface area contributed by atoms with Gasteiger partial charge in [-0.2, -0.15) is 10.1 Å². The Morgan fingerprint density at radius 3 is 2.38 bits per heavy atom. The molecule has 0 atom stereocenters. The van der Waals surface area contributed by atoms with Gasteiger partial charge in [-0.05, 0) is 35.4 Å². The molecular formula is C23H16BrN3OS. The largest absolute Gasteiger partial charge is 0.273 e. The Kier molecular flexibility index (Phi) is 5.93. The van der Waals surface area contributed by atoms with E-state index in [-0.39, 0.29) is 5.91 Å². The highest BCUT2D eigenvalue weighted by atomic mass is 79.9. The number of hydrogen-bond donors (Lipinski definition) is 0. The molecule has 0 unspecified atom stereocenters. The predicted octanol–water partition coefficient (Wildman–Crippen LogP) is 6.14. The minimum atomic E-state index is -0.265. The van der Waals surface area contributed by atoms with E-state index in [0.29, 0.717) is 5.13 Å². The highest BCUT2D eigenvalue weighted by molar-refractivity contribution is 9.10. The molecule has 0 N–H and O–H groups in total. The van der Waals surface area contributed by atoms with Crippen LogP contribution in [0.2, 0.25) is 0 Å². The van der Waals surface area contributed by atoms with Crippen LogP contribution in [0.3, 0.4) is 0 Å². The molecule has 1 amide bonds. The molecule has 4 nitrogen and oxygen atoms in total. The molecule has 0 aliphatic rings. The third-order valence-corrected chi connectivity index (χ3v) is 5.56. The first-order valence-electron chi connectivity index (χ1n) is 8.91. The zero-order valence-electron chi connectivity index (χ0n) is 15.3. The number of aromatic nitrogens is 1. The van der Waals surface area contributed by atoms with E-state index in [1.54, 1.807) is 12.3 Å². The van der Waals surface area contributed by atoms with Crippen LogP contribution in [0.5, 0.6) is 0 Å². The van der Waals surface area contributed by atoms with E-state index < -0.39 is 0 Å². The number of rotatable bonds is 5. The summed E-state index contributed by atoms with van der Waals surface area (Å²) < 4.78 is 1.95. The van der Waals surface area contributed by atoms with E-state index in [0.717, 1.165) is 25.8 Å². The average Bonchev–Trinajstić information content (AvgIpc) is 3.16. The van der Waals surface area contributed by atoms with Crippen molar-refractivity contribution in [2.24, 2.45) is 5.10 Å². The van der Waals surface area contributed by atoms with Gasteiger partial charge < -0.3 is 0 Å². The fraction of sp³-hybridized carbons (Fsp3) is 0. The van der Waals surface area contributed by atoms with Crippen LogP contribution in [0, 0.1) is 0 Å². The van der Waals surface area contributed by atoms with E-state index in [1.807, 2.05) is 78.9 Å². The summed E-state index contributed by atoms with van der Waals surface area (Å²) in [6.45, 7) is 0. The van der Waals surface area contributed by atoms with Gasteiger partial charge in [-0.1, -0.05) is 87.9 Å². The van der Waals surface area contributed by atoms with Crippen LogP contribution in [0.15, 0.2) is 94.5 Å². The van der Waals surface area contributed by atoms with Gasteiger partial charge in [0, 0.05) is 10.5 Å². The molecule has 4 rings (SSSR count). The maximum absolute atomic E-state index is 13.0. The minimum absolute atomic E-state index is 0.265. The van der Waals surface area contributed by atoms with Crippen LogP contribution in [0.25, 0.3) is 16.3 Å². The molecule has 1 aromatic heterocycles. The quantitative estimate of drug-likeness (QED) is 0.203. The van der Waals surface area contributed by atoms with Gasteiger partial charge in [0.15, 0.2) is 0 Å². The summed E-state index contributed by atoms with van der Waals surface area (Å²) in [6.07, 6.45) is 4.95. The van der Waals surface area contributed by atoms with Crippen molar-refractivity contribution in [3.05, 3.63) is 101 Å². The van der Waals surface area contributed by atoms with E-state index in [4.69, 9.17) is 0 Å². The third kappa shape index (κ3) is 4.85. The molecule has 29 heavy (non-hydrogen) atoms. The van der Waals surface area contributed by atoms with Gasteiger partial charge in [0.2, 0.25) is 5.13 Å². The van der Waals surface area contributed by atoms with Crippen molar-refractivity contribution in [3.8, 4) is 0 Å². The minimum Gasteiger partial charge on any atom is -0.267 e. The molecule has 0 aliphatic carbocycles. The maximum Gasteiger partial charge on any atom is 0.273 e. The predicted molar refractivity (Wildman–Crippen MR) is 124 cm³/mol. The zero-order valence-corrected chi connectivity index (χ0v) is 17.7. The molecule has 3 aromatic carbocycles. The molecular weight excluding hydrogens is 446 g/mol. The number of halogens is 1. The van der Waals surface area contributed by atoms with Gasteiger partial charge in [-0.15, -0.1) is 0 Å². The molecule has 0 radical (unpaired) electrons. The molecule has 142 valence electrons. The van der Waals surface area contributed by atoms with E-state index >= 15 is 0 Å². The van der Waals surface area contributed by atoms with Gasteiger partial charge in [0.1, 0.15) is 0 Å². The summed E-state index contributed by atoms with van der Waals surface area (Å²) >= 11 is 4.90. The molecule has 6 heteroatoms. The number of nitrogens with zero attached hydrogens (tertiary/aromatic N) is 3. The molecule has 0 saturated carbocycles. The van der Waals surface area contributed by atoms with Gasteiger partial charge in [-0.3, -0.25) is 4.79 Å². The highest BCUT2D eigenvalue weighted by Crippen LogP contribution is 2.31. The number of carbonyl (C=O) groups is 1. The van der Waals surface area contributed by atoms with Crippen molar-refractivity contribution in [2.45, 2.75) is 0 Å². The van der Waals surface area contributed by atoms with Crippen molar-refractivity contribution >= 4 is 60.8 Å². The first kappa shape index (κ1) is 19.2. The summed E-state index contributed by atoms with van der Waals surface area (Å²) in [5, 5.41) is 6.30. The van der Waals surface area contributed by atoms with Crippen LogP contribution in [0.4, 0.5) is 5.13 Å². The Labute approximate surface area is 181 Å². The second-order valence-corrected chi connectivity index (χ2v) is 8.08. The Hall–Kier alpha value is -3.09. The second-order valence-electron chi connectivity index (χ2n) is 6.16. The van der Waals surface area contributed by atoms with Crippen LogP contribution in [-0.2, 0) is 4.79 Å². The Bertz CT molecular complexity index is 1190. The average molecular weight is 462 g/mol. The lowest BCUT2D eigenvalue weighted by atomic mass is 10.2. The summed E-state index contributed by atoms with van der Waals surface area (Å²) in [4.78, 5) is 17.6. The monoisotopic (exact) mass is 461 g/mol. The van der Waals surface area contributed by atoms with E-state index in [1.165, 1.54) is 22.4 Å². The number of anilines is 1. The number of fused-ring (bicyclic) bond motifs is 1. The molecule has 0 saturated heterocycles. The first-order chi connectivity index (χ1) is 14.2. The fourth-order valence-electron chi connectivity index (χ4n) is 2.64. The maximum atomic E-state index is 13.0. The molecule has 4 aromatic rings. The lowest BCUT2D eigenvalue weighted by Gasteiger charge is -2.11. The molecule has 0 fully saturated rings. The van der Waals surface area contributed by atoms with Gasteiger partial charge in [0.25, 0.3) is 5.91 Å². The zero-order chi connectivity index (χ0) is 20.1. The smallest absolute Gasteiger partial charge is 0.267 e. The van der Waals surface area contributed by atoms with Gasteiger partial charge in [-0.25, -0.2) is 4.98 Å². The van der Waals surface area contributed by atoms with Crippen molar-refractivity contribution in [1.29, 1.82) is 0 Å². The van der Waals surface area contributed by atoms with Crippen molar-refractivity contribution in [1.82, 2.24) is 4.98 Å². The Morgan fingerprint density at radius 1 is 0.966 bits per heavy atom. The van der Waals surface area contributed by atoms with E-state index in [2.05, 4.69) is 26.0 Å². The summed E-state index contributed by atoms with van der Waals surface area (Å²) in [7, 11) is 0. The second kappa shape index (κ2) is 8.94. The van der Waals surface area contributed by atoms with Crippen LogP contribution in [0.1, 0.15) is 11.1 Å². The molecule has 0 aliphatic heterocycles. The van der Waals surface area contributed by atoms with Gasteiger partial charge in [0.05, 0.1) is 16.4 Å². The highest BCUT2D eigenvalue weighted by Gasteiger charge is 2.17. The molecule has 1 heterocycles. The molecule has 0 spiro atoms. The van der Waals surface area contributed by atoms with E-state index in [9.17, 15) is 4.79 Å². The number of amides is 1. The number of benzene rings is 3. The number of hydrogen-bond acceptors (Lipinski definition) is 4. The van der Waals surface area contributed by atoms with Crippen LogP contribution in [-0.4, -0.2) is 17.1 Å². The lowest BCUT2D eigenvalue weighted by Crippen LogP contribution is -2.23. The first-order valence-corrected chi connectivity index (χ1v) is 10.5. The van der Waals surface area contributed by atoms with Crippen LogP contribution < -0.4 is 5.01 Å². The van der Waals surface area contributed by atoms with Crippen LogP contribution >= 0.6 is 27.3 Å². The number of carbonyl (C=O) groups excluding carboxylic acids is 1. The normalized spacial score (nSPS) is 11.5. The standard InChI is InChI=1S/C23H16BrN3OS/c24-19-12-13-20-21(15-19)29-23(26-20)27(25-16-18-9-5-2-6-10-18)22(28)14-11-17-7-3-1-4-8-17/h1-16H/b14-11+,25-16+.